The van der Waals surface area contributed by atoms with E-state index < -0.39 is 5.60 Å². The summed E-state index contributed by atoms with van der Waals surface area (Å²) in [6, 6.07) is 9.90. The van der Waals surface area contributed by atoms with Gasteiger partial charge in [-0.15, -0.1) is 0 Å². The summed E-state index contributed by atoms with van der Waals surface area (Å²) in [5.74, 6) is 0. The predicted octanol–water partition coefficient (Wildman–Crippen LogP) is 1.79. The monoisotopic (exact) mass is 235 g/mol. The van der Waals surface area contributed by atoms with Crippen molar-refractivity contribution in [2.45, 2.75) is 43.9 Å². The van der Waals surface area contributed by atoms with Crippen molar-refractivity contribution in [3.8, 4) is 0 Å². The summed E-state index contributed by atoms with van der Waals surface area (Å²) in [5, 5.41) is 10.4. The van der Waals surface area contributed by atoms with Crippen LogP contribution in [0.1, 0.15) is 31.7 Å². The van der Waals surface area contributed by atoms with Gasteiger partial charge in [0.25, 0.3) is 0 Å². The molecule has 0 saturated heterocycles. The first-order chi connectivity index (χ1) is 8.08. The van der Waals surface area contributed by atoms with E-state index in [1.807, 2.05) is 30.3 Å². The highest BCUT2D eigenvalue weighted by molar-refractivity contribution is 5.21. The molecule has 94 valence electrons. The van der Waals surface area contributed by atoms with E-state index in [0.29, 0.717) is 6.61 Å². The van der Waals surface area contributed by atoms with Crippen LogP contribution in [0.5, 0.6) is 0 Å². The molecule has 0 amide bonds. The van der Waals surface area contributed by atoms with Crippen molar-refractivity contribution in [2.24, 2.45) is 5.73 Å². The zero-order valence-corrected chi connectivity index (χ0v) is 10.3. The molecule has 2 rings (SSSR count). The van der Waals surface area contributed by atoms with Crippen molar-refractivity contribution in [1.82, 2.24) is 0 Å². The summed E-state index contributed by atoms with van der Waals surface area (Å²) in [5.41, 5.74) is 5.80. The van der Waals surface area contributed by atoms with Crippen LogP contribution in [-0.4, -0.2) is 23.9 Å². The van der Waals surface area contributed by atoms with Crippen LogP contribution < -0.4 is 5.73 Å². The molecule has 0 heterocycles. The first-order valence-corrected chi connectivity index (χ1v) is 6.23. The molecule has 3 N–H and O–H groups in total. The molecule has 0 aliphatic heterocycles. The third kappa shape index (κ3) is 3.28. The van der Waals surface area contributed by atoms with Gasteiger partial charge in [0.1, 0.15) is 5.60 Å². The molecule has 1 aromatic rings. The number of benzene rings is 1. The second-order valence-corrected chi connectivity index (χ2v) is 5.15. The van der Waals surface area contributed by atoms with E-state index in [4.69, 9.17) is 10.5 Å². The number of nitrogens with two attached hydrogens (primary N) is 1. The third-order valence-corrected chi connectivity index (χ3v) is 3.42. The van der Waals surface area contributed by atoms with Gasteiger partial charge in [-0.1, -0.05) is 30.3 Å². The SMILES string of the molecule is CC(O)(COC1CCC(N)C1)c1ccccc1. The van der Waals surface area contributed by atoms with Crippen molar-refractivity contribution >= 4 is 0 Å². The van der Waals surface area contributed by atoms with Gasteiger partial charge in [-0.25, -0.2) is 0 Å². The fourth-order valence-corrected chi connectivity index (χ4v) is 2.29. The summed E-state index contributed by atoms with van der Waals surface area (Å²) in [6.45, 7) is 2.12. The molecule has 3 heteroatoms. The van der Waals surface area contributed by atoms with Crippen LogP contribution in [0.15, 0.2) is 30.3 Å². The average molecular weight is 235 g/mol. The first kappa shape index (κ1) is 12.6. The number of aliphatic hydroxyl groups is 1. The van der Waals surface area contributed by atoms with Crippen LogP contribution >= 0.6 is 0 Å². The summed E-state index contributed by atoms with van der Waals surface area (Å²) in [6.07, 6.45) is 3.15. The summed E-state index contributed by atoms with van der Waals surface area (Å²) in [7, 11) is 0. The largest absolute Gasteiger partial charge is 0.383 e. The molecule has 3 unspecified atom stereocenters. The molecule has 0 radical (unpaired) electrons. The Morgan fingerprint density at radius 1 is 1.35 bits per heavy atom. The Morgan fingerprint density at radius 2 is 2.06 bits per heavy atom. The van der Waals surface area contributed by atoms with Crippen LogP contribution in [0.3, 0.4) is 0 Å². The maximum Gasteiger partial charge on any atom is 0.110 e. The number of rotatable bonds is 4. The molecule has 3 atom stereocenters. The molecule has 3 nitrogen and oxygen atoms in total. The molecular weight excluding hydrogens is 214 g/mol. The fourth-order valence-electron chi connectivity index (χ4n) is 2.29. The van der Waals surface area contributed by atoms with Gasteiger partial charge >= 0.3 is 0 Å². The second kappa shape index (κ2) is 5.17. The topological polar surface area (TPSA) is 55.5 Å². The maximum atomic E-state index is 10.4. The Kier molecular flexibility index (Phi) is 3.82. The Hall–Kier alpha value is -0.900. The molecule has 0 aromatic heterocycles. The van der Waals surface area contributed by atoms with Crippen molar-refractivity contribution in [2.75, 3.05) is 6.61 Å². The molecule has 1 aliphatic carbocycles. The van der Waals surface area contributed by atoms with E-state index >= 15 is 0 Å². The van der Waals surface area contributed by atoms with Crippen molar-refractivity contribution in [1.29, 1.82) is 0 Å². The van der Waals surface area contributed by atoms with E-state index in [2.05, 4.69) is 0 Å². The van der Waals surface area contributed by atoms with Crippen LogP contribution in [-0.2, 0) is 10.3 Å². The normalized spacial score (nSPS) is 27.9. The molecule has 1 aliphatic rings. The Bertz CT molecular complexity index is 350. The molecule has 1 saturated carbocycles. The lowest BCUT2D eigenvalue weighted by molar-refractivity contribution is -0.0650. The minimum atomic E-state index is -0.923. The number of hydrogen-bond acceptors (Lipinski definition) is 3. The summed E-state index contributed by atoms with van der Waals surface area (Å²) in [4.78, 5) is 0. The van der Waals surface area contributed by atoms with E-state index in [9.17, 15) is 5.11 Å². The molecular formula is C14H21NO2. The minimum absolute atomic E-state index is 0.209. The summed E-state index contributed by atoms with van der Waals surface area (Å²) < 4.78 is 5.76. The number of ether oxygens (including phenoxy) is 1. The van der Waals surface area contributed by atoms with E-state index in [-0.39, 0.29) is 12.1 Å². The summed E-state index contributed by atoms with van der Waals surface area (Å²) >= 11 is 0. The average Bonchev–Trinajstić information content (AvgIpc) is 2.74. The van der Waals surface area contributed by atoms with E-state index in [1.54, 1.807) is 6.92 Å². The minimum Gasteiger partial charge on any atom is -0.383 e. The molecule has 1 fully saturated rings. The van der Waals surface area contributed by atoms with E-state index in [1.165, 1.54) is 0 Å². The zero-order valence-electron chi connectivity index (χ0n) is 10.3. The lowest BCUT2D eigenvalue weighted by atomic mass is 9.97. The first-order valence-electron chi connectivity index (χ1n) is 6.23. The highest BCUT2D eigenvalue weighted by Gasteiger charge is 2.28. The van der Waals surface area contributed by atoms with Gasteiger partial charge < -0.3 is 15.6 Å². The van der Waals surface area contributed by atoms with Crippen LogP contribution in [0.4, 0.5) is 0 Å². The van der Waals surface area contributed by atoms with Crippen molar-refractivity contribution in [3.05, 3.63) is 35.9 Å². The van der Waals surface area contributed by atoms with Gasteiger partial charge in [0, 0.05) is 6.04 Å². The fraction of sp³-hybridized carbons (Fsp3) is 0.571. The maximum absolute atomic E-state index is 10.4. The Balaban J connectivity index is 1.89. The van der Waals surface area contributed by atoms with Crippen molar-refractivity contribution < 1.29 is 9.84 Å². The van der Waals surface area contributed by atoms with E-state index in [0.717, 1.165) is 24.8 Å². The molecule has 17 heavy (non-hydrogen) atoms. The quantitative estimate of drug-likeness (QED) is 0.836. The molecule has 1 aromatic carbocycles. The van der Waals surface area contributed by atoms with Gasteiger partial charge in [0.15, 0.2) is 0 Å². The van der Waals surface area contributed by atoms with Crippen LogP contribution in [0.2, 0.25) is 0 Å². The van der Waals surface area contributed by atoms with Gasteiger partial charge in [-0.3, -0.25) is 0 Å². The van der Waals surface area contributed by atoms with Crippen LogP contribution in [0.25, 0.3) is 0 Å². The lowest BCUT2D eigenvalue weighted by Gasteiger charge is -2.25. The van der Waals surface area contributed by atoms with Crippen LogP contribution in [0, 0.1) is 0 Å². The Morgan fingerprint density at radius 3 is 2.65 bits per heavy atom. The van der Waals surface area contributed by atoms with Gasteiger partial charge in [-0.05, 0) is 31.7 Å². The molecule has 0 spiro atoms. The Labute approximate surface area is 103 Å². The smallest absolute Gasteiger partial charge is 0.110 e. The molecule has 0 bridgehead atoms. The zero-order chi connectivity index (χ0) is 12.3. The lowest BCUT2D eigenvalue weighted by Crippen LogP contribution is -2.30. The number of hydrogen-bond donors (Lipinski definition) is 2. The predicted molar refractivity (Wildman–Crippen MR) is 67.6 cm³/mol. The van der Waals surface area contributed by atoms with Gasteiger partial charge in [0.2, 0.25) is 0 Å². The second-order valence-electron chi connectivity index (χ2n) is 5.15. The van der Waals surface area contributed by atoms with Gasteiger partial charge in [0.05, 0.1) is 12.7 Å². The highest BCUT2D eigenvalue weighted by Crippen LogP contribution is 2.25. The highest BCUT2D eigenvalue weighted by atomic mass is 16.5. The third-order valence-electron chi connectivity index (χ3n) is 3.42. The van der Waals surface area contributed by atoms with Gasteiger partial charge in [-0.2, -0.15) is 0 Å². The standard InChI is InChI=1S/C14H21NO2/c1-14(16,11-5-3-2-4-6-11)10-17-13-8-7-12(15)9-13/h2-6,12-13,16H,7-10,15H2,1H3. The van der Waals surface area contributed by atoms with Crippen molar-refractivity contribution in [3.63, 3.8) is 0 Å².